The number of aromatic amines is 1. The highest BCUT2D eigenvalue weighted by molar-refractivity contribution is 6.11. The maximum atomic E-state index is 13.4. The number of fused-ring (bicyclic) bond motifs is 3. The zero-order valence-corrected chi connectivity index (χ0v) is 21.5. The molecule has 188 valence electrons. The fraction of sp³-hybridized carbons (Fsp3) is 0.333. The van der Waals surface area contributed by atoms with Crippen LogP contribution in [0.5, 0.6) is 5.75 Å². The minimum absolute atomic E-state index is 0.148. The third-order valence-corrected chi connectivity index (χ3v) is 8.69. The van der Waals surface area contributed by atoms with E-state index in [9.17, 15) is 4.79 Å². The zero-order chi connectivity index (χ0) is 25.3. The van der Waals surface area contributed by atoms with E-state index in [0.29, 0.717) is 0 Å². The molecule has 7 rings (SSSR count). The van der Waals surface area contributed by atoms with Crippen molar-refractivity contribution < 1.29 is 9.53 Å². The Bertz CT molecular complexity index is 1520. The number of H-pyrrole nitrogens is 1. The Morgan fingerprint density at radius 3 is 2.51 bits per heavy atom. The van der Waals surface area contributed by atoms with Gasteiger partial charge in [0.2, 0.25) is 5.91 Å². The summed E-state index contributed by atoms with van der Waals surface area (Å²) >= 11 is 0. The number of carbonyl (C=O) groups is 1. The monoisotopic (exact) mass is 493 g/mol. The van der Waals surface area contributed by atoms with Crippen molar-refractivity contribution >= 4 is 28.2 Å². The second kappa shape index (κ2) is 8.08. The number of carbonyl (C=O) groups excluding carboxylic acids is 1. The average Bonchev–Trinajstić information content (AvgIpc) is 3.50. The van der Waals surface area contributed by atoms with E-state index >= 15 is 0 Å². The molecular weight excluding hydrogens is 462 g/mol. The summed E-state index contributed by atoms with van der Waals surface area (Å²) in [4.78, 5) is 20.0. The first-order valence-corrected chi connectivity index (χ1v) is 13.0. The molecule has 37 heavy (non-hydrogen) atoms. The quantitative estimate of drug-likeness (QED) is 0.457. The lowest BCUT2D eigenvalue weighted by atomic mass is 9.91. The maximum Gasteiger partial charge on any atom is 0.238 e. The molecule has 2 fully saturated rings. The maximum absolute atomic E-state index is 13.4. The van der Waals surface area contributed by atoms with Gasteiger partial charge in [0, 0.05) is 61.5 Å². The van der Waals surface area contributed by atoms with Gasteiger partial charge in [-0.15, -0.1) is 0 Å². The summed E-state index contributed by atoms with van der Waals surface area (Å²) in [5, 5.41) is 9.02. The van der Waals surface area contributed by atoms with Gasteiger partial charge in [-0.3, -0.25) is 9.89 Å². The van der Waals surface area contributed by atoms with Crippen molar-refractivity contribution in [1.29, 1.82) is 0 Å². The molecule has 7 nitrogen and oxygen atoms in total. The Labute approximate surface area is 216 Å². The van der Waals surface area contributed by atoms with Crippen LogP contribution in [0.1, 0.15) is 23.5 Å². The molecule has 1 saturated heterocycles. The van der Waals surface area contributed by atoms with Gasteiger partial charge in [-0.2, -0.15) is 5.10 Å². The number of hydrogen-bond acceptors (Lipinski definition) is 5. The third kappa shape index (κ3) is 3.30. The van der Waals surface area contributed by atoms with Crippen LogP contribution >= 0.6 is 0 Å². The lowest BCUT2D eigenvalue weighted by Crippen LogP contribution is -2.44. The Balaban J connectivity index is 1.17. The lowest BCUT2D eigenvalue weighted by Gasteiger charge is -2.34. The number of likely N-dealkylation sites (N-methyl/N-ethyl adjacent to an activating group) is 2. The number of nitrogens with zero attached hydrogens (tertiary/aromatic N) is 4. The van der Waals surface area contributed by atoms with Gasteiger partial charge in [0.15, 0.2) is 0 Å². The fourth-order valence-electron chi connectivity index (χ4n) is 6.38. The highest BCUT2D eigenvalue weighted by Gasteiger charge is 2.66. The van der Waals surface area contributed by atoms with Gasteiger partial charge in [-0.1, -0.05) is 24.3 Å². The topological polar surface area (TPSA) is 64.7 Å². The van der Waals surface area contributed by atoms with Crippen molar-refractivity contribution in [2.24, 2.45) is 0 Å². The molecule has 1 spiro atoms. The van der Waals surface area contributed by atoms with Crippen molar-refractivity contribution in [3.63, 3.8) is 0 Å². The van der Waals surface area contributed by atoms with Crippen LogP contribution in [0.2, 0.25) is 0 Å². The first kappa shape index (κ1) is 22.4. The number of aromatic nitrogens is 2. The van der Waals surface area contributed by atoms with E-state index in [1.807, 2.05) is 25.2 Å². The van der Waals surface area contributed by atoms with Gasteiger partial charge < -0.3 is 19.4 Å². The summed E-state index contributed by atoms with van der Waals surface area (Å²) in [6.07, 6.45) is 0.816. The number of ether oxygens (including phenoxy) is 1. The van der Waals surface area contributed by atoms with Gasteiger partial charge >= 0.3 is 0 Å². The van der Waals surface area contributed by atoms with Crippen LogP contribution in [-0.4, -0.2) is 68.4 Å². The Morgan fingerprint density at radius 1 is 0.973 bits per heavy atom. The number of methoxy groups -OCH3 is 1. The standard InChI is InChI=1S/C30H31N5O2/c1-33-12-14-35(15-13-33)21-7-4-19(5-8-21)28-23-10-6-20(16-26(23)31-32-28)25-18-30(25)24-17-22(37-3)9-11-27(24)34(2)29(30)36/h4-11,16-17,25H,12-15,18H2,1-3H3,(H,31,32). The van der Waals surface area contributed by atoms with Crippen molar-refractivity contribution in [2.75, 3.05) is 57.2 Å². The second-order valence-electron chi connectivity index (χ2n) is 10.7. The average molecular weight is 494 g/mol. The van der Waals surface area contributed by atoms with Gasteiger partial charge in [0.25, 0.3) is 0 Å². The molecule has 3 aliphatic rings. The molecule has 1 N–H and O–H groups in total. The van der Waals surface area contributed by atoms with Crippen LogP contribution in [0, 0.1) is 0 Å². The van der Waals surface area contributed by atoms with Gasteiger partial charge in [0.05, 0.1) is 23.7 Å². The van der Waals surface area contributed by atoms with E-state index in [1.165, 1.54) is 11.3 Å². The van der Waals surface area contributed by atoms with Crippen LogP contribution in [0.4, 0.5) is 11.4 Å². The molecule has 2 aliphatic heterocycles. The number of nitrogens with one attached hydrogen (secondary N) is 1. The van der Waals surface area contributed by atoms with E-state index < -0.39 is 5.41 Å². The van der Waals surface area contributed by atoms with Crippen molar-refractivity contribution in [3.05, 3.63) is 71.8 Å². The summed E-state index contributed by atoms with van der Waals surface area (Å²) in [5.74, 6) is 1.11. The minimum atomic E-state index is -0.492. The molecule has 2 unspecified atom stereocenters. The molecule has 4 aromatic rings. The largest absolute Gasteiger partial charge is 0.497 e. The molecule has 1 aliphatic carbocycles. The highest BCUT2D eigenvalue weighted by atomic mass is 16.5. The van der Waals surface area contributed by atoms with Crippen LogP contribution in [0.25, 0.3) is 22.2 Å². The fourth-order valence-corrected chi connectivity index (χ4v) is 6.38. The van der Waals surface area contributed by atoms with Crippen LogP contribution < -0.4 is 14.5 Å². The molecule has 3 heterocycles. The number of benzene rings is 3. The molecular formula is C30H31N5O2. The Morgan fingerprint density at radius 2 is 1.76 bits per heavy atom. The molecule has 7 heteroatoms. The number of anilines is 2. The van der Waals surface area contributed by atoms with E-state index in [1.54, 1.807) is 12.0 Å². The van der Waals surface area contributed by atoms with Crippen LogP contribution in [0.3, 0.4) is 0 Å². The smallest absolute Gasteiger partial charge is 0.238 e. The summed E-state index contributed by atoms with van der Waals surface area (Å²) < 4.78 is 5.47. The summed E-state index contributed by atoms with van der Waals surface area (Å²) in [6, 6.07) is 21.2. The summed E-state index contributed by atoms with van der Waals surface area (Å²) in [5.41, 5.74) is 7.08. The Hall–Kier alpha value is -3.84. The second-order valence-corrected chi connectivity index (χ2v) is 10.7. The summed E-state index contributed by atoms with van der Waals surface area (Å²) in [6.45, 7) is 4.30. The molecule has 1 aromatic heterocycles. The van der Waals surface area contributed by atoms with Crippen LogP contribution in [-0.2, 0) is 10.2 Å². The third-order valence-electron chi connectivity index (χ3n) is 8.69. The molecule has 0 radical (unpaired) electrons. The number of amides is 1. The number of piperazine rings is 1. The van der Waals surface area contributed by atoms with E-state index in [4.69, 9.17) is 4.74 Å². The SMILES string of the molecule is COc1ccc2c(c1)C1(CC1c1ccc3c(-c4ccc(N5CCN(C)CC5)cc4)n[nH]c3c1)C(=O)N2C. The number of hydrogen-bond donors (Lipinski definition) is 1. The van der Waals surface area contributed by atoms with Crippen LogP contribution in [0.15, 0.2) is 60.7 Å². The normalized spacial score (nSPS) is 23.2. The molecule has 1 saturated carbocycles. The highest BCUT2D eigenvalue weighted by Crippen LogP contribution is 2.66. The van der Waals surface area contributed by atoms with E-state index in [2.05, 4.69) is 69.5 Å². The molecule has 1 amide bonds. The first-order chi connectivity index (χ1) is 18.0. The first-order valence-electron chi connectivity index (χ1n) is 13.0. The molecule has 3 aromatic carbocycles. The van der Waals surface area contributed by atoms with Gasteiger partial charge in [-0.05, 0) is 61.0 Å². The zero-order valence-electron chi connectivity index (χ0n) is 21.5. The van der Waals surface area contributed by atoms with Crippen molar-refractivity contribution in [3.8, 4) is 17.0 Å². The minimum Gasteiger partial charge on any atom is -0.497 e. The van der Waals surface area contributed by atoms with E-state index in [0.717, 1.165) is 71.8 Å². The van der Waals surface area contributed by atoms with Gasteiger partial charge in [0.1, 0.15) is 5.75 Å². The molecule has 2 atom stereocenters. The van der Waals surface area contributed by atoms with E-state index in [-0.39, 0.29) is 11.8 Å². The summed E-state index contributed by atoms with van der Waals surface area (Å²) in [7, 11) is 5.72. The van der Waals surface area contributed by atoms with Gasteiger partial charge in [-0.25, -0.2) is 0 Å². The number of rotatable bonds is 4. The van der Waals surface area contributed by atoms with Crippen molar-refractivity contribution in [2.45, 2.75) is 17.8 Å². The lowest BCUT2D eigenvalue weighted by molar-refractivity contribution is -0.120. The Kier molecular flexibility index (Phi) is 4.88. The predicted octanol–water partition coefficient (Wildman–Crippen LogP) is 4.39. The van der Waals surface area contributed by atoms with Crippen molar-refractivity contribution in [1.82, 2.24) is 15.1 Å². The molecule has 0 bridgehead atoms. The predicted molar refractivity (Wildman–Crippen MR) is 147 cm³/mol.